The Balaban J connectivity index is 1.87. The fourth-order valence-corrected chi connectivity index (χ4v) is 5.69. The lowest BCUT2D eigenvalue weighted by molar-refractivity contribution is -0.138. The standard InChI is InChI=1S/C28H50N2O6Si/c1-27(2,3)35-26(34)29-23(15-13-11-9-10-12-14-20-18-22(20)25(32)33)24(31)30-17-16-21(19-30)36-37(7,8)28(4,5)6/h12,14,20-23H,9-11,13,15-19H2,1-8H3,(H,29,34)(H,32,33)/b14-12-/t20-,21-,22+,23+/m1/s1. The predicted octanol–water partition coefficient (Wildman–Crippen LogP) is 5.73. The third-order valence-corrected chi connectivity index (χ3v) is 12.2. The molecular formula is C28H50N2O6Si. The molecule has 4 atom stereocenters. The highest BCUT2D eigenvalue weighted by atomic mass is 28.4. The van der Waals surface area contributed by atoms with E-state index in [-0.39, 0.29) is 28.9 Å². The Kier molecular flexibility index (Phi) is 10.8. The van der Waals surface area contributed by atoms with Crippen LogP contribution >= 0.6 is 0 Å². The van der Waals surface area contributed by atoms with E-state index < -0.39 is 32.0 Å². The topological polar surface area (TPSA) is 105 Å². The summed E-state index contributed by atoms with van der Waals surface area (Å²) in [5.74, 6) is -0.805. The minimum Gasteiger partial charge on any atom is -0.481 e. The molecule has 0 unspecified atom stereocenters. The number of hydrogen-bond acceptors (Lipinski definition) is 5. The summed E-state index contributed by atoms with van der Waals surface area (Å²) in [5, 5.41) is 11.9. The molecule has 0 spiro atoms. The van der Waals surface area contributed by atoms with Crippen LogP contribution in [0.1, 0.15) is 86.5 Å². The van der Waals surface area contributed by atoms with Gasteiger partial charge in [0.1, 0.15) is 11.6 Å². The lowest BCUT2D eigenvalue weighted by Crippen LogP contribution is -2.50. The first-order chi connectivity index (χ1) is 17.0. The maximum atomic E-state index is 13.4. The Morgan fingerprint density at radius 2 is 1.78 bits per heavy atom. The first-order valence-electron chi connectivity index (χ1n) is 13.9. The van der Waals surface area contributed by atoms with Crippen LogP contribution in [0.5, 0.6) is 0 Å². The summed E-state index contributed by atoms with van der Waals surface area (Å²) in [7, 11) is -1.93. The zero-order valence-corrected chi connectivity index (χ0v) is 25.3. The van der Waals surface area contributed by atoms with Gasteiger partial charge in [0.05, 0.1) is 12.0 Å². The summed E-state index contributed by atoms with van der Waals surface area (Å²) in [6.07, 6.45) is 9.23. The maximum Gasteiger partial charge on any atom is 0.408 e. The zero-order chi connectivity index (χ0) is 28.0. The Hall–Kier alpha value is -1.87. The summed E-state index contributed by atoms with van der Waals surface area (Å²) in [6, 6.07) is -0.625. The molecule has 0 bridgehead atoms. The lowest BCUT2D eigenvalue weighted by Gasteiger charge is -2.38. The Morgan fingerprint density at radius 3 is 2.35 bits per heavy atom. The number of allylic oxidation sites excluding steroid dienone is 2. The summed E-state index contributed by atoms with van der Waals surface area (Å²) in [5.41, 5.74) is -0.638. The van der Waals surface area contributed by atoms with Crippen molar-refractivity contribution in [3.8, 4) is 0 Å². The Labute approximate surface area is 224 Å². The number of aliphatic carboxylic acids is 1. The van der Waals surface area contributed by atoms with E-state index in [0.29, 0.717) is 19.5 Å². The number of alkyl carbamates (subject to hydrolysis) is 1. The molecule has 212 valence electrons. The number of likely N-dealkylation sites (tertiary alicyclic amines) is 1. The van der Waals surface area contributed by atoms with Crippen molar-refractivity contribution in [1.82, 2.24) is 10.2 Å². The molecule has 1 aliphatic heterocycles. The van der Waals surface area contributed by atoms with Crippen LogP contribution in [-0.2, 0) is 18.8 Å². The van der Waals surface area contributed by atoms with Crippen LogP contribution in [0, 0.1) is 11.8 Å². The third-order valence-electron chi connectivity index (χ3n) is 7.62. The Morgan fingerprint density at radius 1 is 1.11 bits per heavy atom. The monoisotopic (exact) mass is 538 g/mol. The highest BCUT2D eigenvalue weighted by Gasteiger charge is 2.42. The third kappa shape index (κ3) is 10.4. The molecule has 2 rings (SSSR count). The lowest BCUT2D eigenvalue weighted by atomic mass is 10.1. The first-order valence-corrected chi connectivity index (χ1v) is 16.8. The van der Waals surface area contributed by atoms with Gasteiger partial charge in [-0.05, 0) is 76.9 Å². The zero-order valence-electron chi connectivity index (χ0n) is 24.3. The van der Waals surface area contributed by atoms with Gasteiger partial charge in [0.15, 0.2) is 8.32 Å². The normalized spacial score (nSPS) is 23.2. The van der Waals surface area contributed by atoms with Crippen LogP contribution < -0.4 is 5.32 Å². The second-order valence-electron chi connectivity index (χ2n) is 13.2. The van der Waals surface area contributed by atoms with Gasteiger partial charge in [-0.2, -0.15) is 0 Å². The molecule has 1 heterocycles. The quantitative estimate of drug-likeness (QED) is 0.187. The fraction of sp³-hybridized carbons (Fsp3) is 0.821. The van der Waals surface area contributed by atoms with Crippen molar-refractivity contribution in [1.29, 1.82) is 0 Å². The highest BCUT2D eigenvalue weighted by Crippen LogP contribution is 2.40. The number of rotatable bonds is 12. The molecule has 0 aromatic carbocycles. The average molecular weight is 539 g/mol. The number of hydrogen-bond donors (Lipinski definition) is 2. The van der Waals surface area contributed by atoms with Crippen LogP contribution in [0.2, 0.25) is 18.1 Å². The van der Waals surface area contributed by atoms with Crippen molar-refractivity contribution in [2.24, 2.45) is 11.8 Å². The van der Waals surface area contributed by atoms with Crippen molar-refractivity contribution < 1.29 is 28.7 Å². The van der Waals surface area contributed by atoms with Crippen molar-refractivity contribution in [2.45, 2.75) is 122 Å². The molecule has 2 aliphatic rings. The minimum atomic E-state index is -1.93. The highest BCUT2D eigenvalue weighted by molar-refractivity contribution is 6.74. The van der Waals surface area contributed by atoms with Gasteiger partial charge in [-0.15, -0.1) is 0 Å². The van der Waals surface area contributed by atoms with Crippen molar-refractivity contribution in [2.75, 3.05) is 13.1 Å². The maximum absolute atomic E-state index is 13.4. The van der Waals surface area contributed by atoms with E-state index in [2.05, 4.69) is 45.3 Å². The number of carbonyl (C=O) groups is 3. The first kappa shape index (κ1) is 31.3. The van der Waals surface area contributed by atoms with Crippen LogP contribution in [-0.4, -0.2) is 67.1 Å². The number of carbonyl (C=O) groups excluding carboxylic acids is 2. The van der Waals surface area contributed by atoms with E-state index in [4.69, 9.17) is 14.3 Å². The number of unbranched alkanes of at least 4 members (excludes halogenated alkanes) is 3. The van der Waals surface area contributed by atoms with Crippen LogP contribution in [0.3, 0.4) is 0 Å². The van der Waals surface area contributed by atoms with E-state index in [1.54, 1.807) is 20.8 Å². The molecule has 0 aromatic rings. The number of ether oxygens (including phenoxy) is 1. The van der Waals surface area contributed by atoms with E-state index >= 15 is 0 Å². The molecule has 1 aliphatic carbocycles. The van der Waals surface area contributed by atoms with Crippen molar-refractivity contribution in [3.63, 3.8) is 0 Å². The van der Waals surface area contributed by atoms with Crippen molar-refractivity contribution >= 4 is 26.3 Å². The molecule has 9 heteroatoms. The van der Waals surface area contributed by atoms with Crippen LogP contribution in [0.25, 0.3) is 0 Å². The van der Waals surface area contributed by atoms with Gasteiger partial charge in [0.25, 0.3) is 0 Å². The molecule has 2 N–H and O–H groups in total. The smallest absolute Gasteiger partial charge is 0.408 e. The summed E-state index contributed by atoms with van der Waals surface area (Å²) < 4.78 is 12.0. The minimum absolute atomic E-state index is 0.0333. The molecule has 2 fully saturated rings. The molecule has 1 saturated carbocycles. The van der Waals surface area contributed by atoms with Gasteiger partial charge in [0, 0.05) is 13.1 Å². The van der Waals surface area contributed by atoms with Gasteiger partial charge >= 0.3 is 12.1 Å². The summed E-state index contributed by atoms with van der Waals surface area (Å²) in [6.45, 7) is 17.7. The number of carboxylic acids is 1. The number of nitrogens with zero attached hydrogens (tertiary/aromatic N) is 1. The van der Waals surface area contributed by atoms with Crippen molar-refractivity contribution in [3.05, 3.63) is 12.2 Å². The van der Waals surface area contributed by atoms with Gasteiger partial charge in [-0.1, -0.05) is 45.8 Å². The molecule has 0 radical (unpaired) electrons. The average Bonchev–Trinajstić information content (AvgIpc) is 3.38. The molecule has 2 amide bonds. The predicted molar refractivity (Wildman–Crippen MR) is 148 cm³/mol. The molecule has 8 nitrogen and oxygen atoms in total. The SMILES string of the molecule is CC(C)(C)OC(=O)N[C@@H](CCCCC/C=C\[C@@H]1C[C@@H]1C(=O)O)C(=O)N1CC[C@@H](O[Si](C)(C)C(C)(C)C)C1. The summed E-state index contributed by atoms with van der Waals surface area (Å²) in [4.78, 5) is 38.7. The van der Waals surface area contributed by atoms with Crippen LogP contribution in [0.15, 0.2) is 12.2 Å². The van der Waals surface area contributed by atoms with Gasteiger partial charge in [0.2, 0.25) is 5.91 Å². The Bertz CT molecular complexity index is 830. The molecular weight excluding hydrogens is 488 g/mol. The van der Waals surface area contributed by atoms with E-state index in [9.17, 15) is 14.4 Å². The number of amides is 2. The molecule has 37 heavy (non-hydrogen) atoms. The van der Waals surface area contributed by atoms with Crippen LogP contribution in [0.4, 0.5) is 4.79 Å². The fourth-order valence-electron chi connectivity index (χ4n) is 4.32. The van der Waals surface area contributed by atoms with E-state index in [1.165, 1.54) is 0 Å². The largest absolute Gasteiger partial charge is 0.481 e. The second-order valence-corrected chi connectivity index (χ2v) is 17.9. The van der Waals surface area contributed by atoms with Gasteiger partial charge in [-0.25, -0.2) is 4.79 Å². The summed E-state index contributed by atoms with van der Waals surface area (Å²) >= 11 is 0. The number of carboxylic acid groups (broad SMARTS) is 1. The molecule has 1 saturated heterocycles. The molecule has 0 aromatic heterocycles. The van der Waals surface area contributed by atoms with E-state index in [1.807, 2.05) is 11.0 Å². The van der Waals surface area contributed by atoms with Gasteiger partial charge in [-0.3, -0.25) is 9.59 Å². The number of nitrogens with one attached hydrogen (secondary N) is 1. The van der Waals surface area contributed by atoms with Gasteiger partial charge < -0.3 is 24.5 Å². The van der Waals surface area contributed by atoms with E-state index in [0.717, 1.165) is 38.5 Å². The second kappa shape index (κ2) is 12.8.